The van der Waals surface area contributed by atoms with Gasteiger partial charge in [0, 0.05) is 18.8 Å². The predicted molar refractivity (Wildman–Crippen MR) is 122 cm³/mol. The lowest BCUT2D eigenvalue weighted by atomic mass is 10.1. The molecule has 1 heterocycles. The van der Waals surface area contributed by atoms with Crippen LogP contribution in [0.2, 0.25) is 0 Å². The minimum atomic E-state index is -0.362. The fraction of sp³-hybridized carbons (Fsp3) is 0.417. The van der Waals surface area contributed by atoms with Crippen molar-refractivity contribution in [3.05, 3.63) is 65.0 Å². The summed E-state index contributed by atoms with van der Waals surface area (Å²) in [5.74, 6) is 0.326. The first-order chi connectivity index (χ1) is 15.0. The number of benzene rings is 2. The van der Waals surface area contributed by atoms with Gasteiger partial charge in [-0.25, -0.2) is 9.38 Å². The number of halogens is 1. The van der Waals surface area contributed by atoms with Crippen LogP contribution in [0.5, 0.6) is 0 Å². The highest BCUT2D eigenvalue weighted by Gasteiger charge is 2.23. The Labute approximate surface area is 183 Å². The molecule has 3 rings (SSSR count). The molecule has 1 aliphatic heterocycles. The maximum absolute atomic E-state index is 13.9. The van der Waals surface area contributed by atoms with E-state index in [0.717, 1.165) is 29.7 Å². The van der Waals surface area contributed by atoms with Crippen LogP contribution >= 0.6 is 0 Å². The van der Waals surface area contributed by atoms with Gasteiger partial charge < -0.3 is 20.7 Å². The second kappa shape index (κ2) is 10.9. The molecule has 1 fully saturated rings. The van der Waals surface area contributed by atoms with Gasteiger partial charge in [-0.3, -0.25) is 4.79 Å². The zero-order chi connectivity index (χ0) is 22.2. The van der Waals surface area contributed by atoms with Crippen LogP contribution in [0.1, 0.15) is 49.4 Å². The van der Waals surface area contributed by atoms with E-state index in [-0.39, 0.29) is 23.9 Å². The summed E-state index contributed by atoms with van der Waals surface area (Å²) in [6.45, 7) is 7.50. The summed E-state index contributed by atoms with van der Waals surface area (Å²) in [6, 6.07) is 12.8. The first kappa shape index (κ1) is 22.7. The number of nitrogens with one attached hydrogen (secondary N) is 3. The number of amides is 1. The van der Waals surface area contributed by atoms with E-state index < -0.39 is 0 Å². The van der Waals surface area contributed by atoms with Crippen molar-refractivity contribution in [3.8, 4) is 0 Å². The van der Waals surface area contributed by atoms with E-state index in [9.17, 15) is 9.18 Å². The van der Waals surface area contributed by atoms with Gasteiger partial charge in [-0.2, -0.15) is 0 Å². The van der Waals surface area contributed by atoms with Crippen LogP contribution in [0, 0.1) is 12.7 Å². The van der Waals surface area contributed by atoms with Crippen LogP contribution in [0.15, 0.2) is 47.5 Å². The molecule has 1 amide bonds. The first-order valence-electron chi connectivity index (χ1n) is 10.8. The number of rotatable bonds is 7. The molecule has 0 bridgehead atoms. The molecule has 0 saturated carbocycles. The summed E-state index contributed by atoms with van der Waals surface area (Å²) in [4.78, 5) is 16.9. The molecule has 0 radical (unpaired) electrons. The van der Waals surface area contributed by atoms with E-state index in [2.05, 4.69) is 20.9 Å². The second-order valence-electron chi connectivity index (χ2n) is 7.76. The van der Waals surface area contributed by atoms with Crippen molar-refractivity contribution in [1.29, 1.82) is 0 Å². The topological polar surface area (TPSA) is 74.8 Å². The minimum absolute atomic E-state index is 0.104. The fourth-order valence-electron chi connectivity index (χ4n) is 3.41. The van der Waals surface area contributed by atoms with Gasteiger partial charge in [-0.15, -0.1) is 0 Å². The Bertz CT molecular complexity index is 926. The largest absolute Gasteiger partial charge is 0.368 e. The predicted octanol–water partition coefficient (Wildman–Crippen LogP) is 4.07. The van der Waals surface area contributed by atoms with Crippen LogP contribution in [0.25, 0.3) is 0 Å². The number of ether oxygens (including phenoxy) is 1. The summed E-state index contributed by atoms with van der Waals surface area (Å²) in [5, 5.41) is 9.46. The maximum atomic E-state index is 13.9. The molecule has 0 aromatic heterocycles. The van der Waals surface area contributed by atoms with Crippen molar-refractivity contribution >= 4 is 17.6 Å². The lowest BCUT2D eigenvalue weighted by Gasteiger charge is -2.18. The molecule has 0 spiro atoms. The van der Waals surface area contributed by atoms with E-state index >= 15 is 0 Å². The summed E-state index contributed by atoms with van der Waals surface area (Å²) in [5.41, 5.74) is 3.18. The minimum Gasteiger partial charge on any atom is -0.368 e. The highest BCUT2D eigenvalue weighted by atomic mass is 19.1. The third-order valence-electron chi connectivity index (χ3n) is 5.23. The standard InChI is InChI=1S/C24H31FN4O2/c1-4-26-24(28-17(3)19-11-10-16(2)21(25)14-19)27-15-18-7-5-8-20(13-18)29-23(30)22-9-6-12-31-22/h5,7-8,10-11,13-14,17,22H,4,6,9,12,15H2,1-3H3,(H,29,30)(H2,26,27,28). The number of hydrogen-bond donors (Lipinski definition) is 3. The van der Waals surface area contributed by atoms with Crippen LogP contribution in [-0.4, -0.2) is 31.1 Å². The molecule has 0 aliphatic carbocycles. The number of anilines is 1. The summed E-state index contributed by atoms with van der Waals surface area (Å²) in [6.07, 6.45) is 1.32. The molecule has 3 N–H and O–H groups in total. The molecule has 2 atom stereocenters. The van der Waals surface area contributed by atoms with Crippen molar-refractivity contribution in [2.75, 3.05) is 18.5 Å². The number of nitrogens with zero attached hydrogens (tertiary/aromatic N) is 1. The molecule has 6 nitrogen and oxygen atoms in total. The first-order valence-corrected chi connectivity index (χ1v) is 10.8. The lowest BCUT2D eigenvalue weighted by molar-refractivity contribution is -0.124. The Morgan fingerprint density at radius 3 is 2.84 bits per heavy atom. The molecule has 1 aliphatic rings. The average Bonchev–Trinajstić information content (AvgIpc) is 3.29. The van der Waals surface area contributed by atoms with Gasteiger partial charge in [-0.1, -0.05) is 24.3 Å². The number of carbonyl (C=O) groups excluding carboxylic acids is 1. The van der Waals surface area contributed by atoms with Gasteiger partial charge in [-0.05, 0) is 68.5 Å². The summed E-state index contributed by atoms with van der Waals surface area (Å²) >= 11 is 0. The average molecular weight is 427 g/mol. The Morgan fingerprint density at radius 2 is 2.13 bits per heavy atom. The van der Waals surface area contributed by atoms with Crippen molar-refractivity contribution in [1.82, 2.24) is 10.6 Å². The molecule has 2 unspecified atom stereocenters. The third-order valence-corrected chi connectivity index (χ3v) is 5.23. The Kier molecular flexibility index (Phi) is 8.00. The number of carbonyl (C=O) groups is 1. The molecule has 166 valence electrons. The number of guanidine groups is 1. The third kappa shape index (κ3) is 6.52. The van der Waals surface area contributed by atoms with Gasteiger partial charge in [0.05, 0.1) is 12.6 Å². The Hall–Kier alpha value is -2.93. The Morgan fingerprint density at radius 1 is 1.29 bits per heavy atom. The zero-order valence-electron chi connectivity index (χ0n) is 18.4. The van der Waals surface area contributed by atoms with Crippen LogP contribution in [-0.2, 0) is 16.1 Å². The van der Waals surface area contributed by atoms with E-state index in [1.807, 2.05) is 44.2 Å². The quantitative estimate of drug-likeness (QED) is 0.461. The highest BCUT2D eigenvalue weighted by Crippen LogP contribution is 2.18. The fourth-order valence-corrected chi connectivity index (χ4v) is 3.41. The Balaban J connectivity index is 1.64. The molecule has 1 saturated heterocycles. The lowest BCUT2D eigenvalue weighted by Crippen LogP contribution is -2.38. The number of aliphatic imine (C=N–C) groups is 1. The van der Waals surface area contributed by atoms with E-state index in [4.69, 9.17) is 4.74 Å². The highest BCUT2D eigenvalue weighted by molar-refractivity contribution is 5.94. The number of aryl methyl sites for hydroxylation is 1. The normalized spacial score (nSPS) is 17.3. The molecule has 7 heteroatoms. The van der Waals surface area contributed by atoms with E-state index in [1.165, 1.54) is 0 Å². The summed E-state index contributed by atoms with van der Waals surface area (Å²) in [7, 11) is 0. The van der Waals surface area contributed by atoms with Crippen molar-refractivity contribution < 1.29 is 13.9 Å². The smallest absolute Gasteiger partial charge is 0.253 e. The van der Waals surface area contributed by atoms with Crippen molar-refractivity contribution in [2.45, 2.75) is 52.3 Å². The zero-order valence-corrected chi connectivity index (χ0v) is 18.4. The molecular formula is C24H31FN4O2. The maximum Gasteiger partial charge on any atom is 0.253 e. The SMILES string of the molecule is CCNC(=NCc1cccc(NC(=O)C2CCCO2)c1)NC(C)c1ccc(C)c(F)c1. The summed E-state index contributed by atoms with van der Waals surface area (Å²) < 4.78 is 19.3. The molecule has 2 aromatic rings. The van der Waals surface area contributed by atoms with Crippen LogP contribution in [0.3, 0.4) is 0 Å². The monoisotopic (exact) mass is 426 g/mol. The van der Waals surface area contributed by atoms with Gasteiger partial charge >= 0.3 is 0 Å². The van der Waals surface area contributed by atoms with Crippen LogP contribution < -0.4 is 16.0 Å². The van der Waals surface area contributed by atoms with Crippen LogP contribution in [0.4, 0.5) is 10.1 Å². The van der Waals surface area contributed by atoms with Gasteiger partial charge in [0.1, 0.15) is 11.9 Å². The van der Waals surface area contributed by atoms with Crippen molar-refractivity contribution in [2.24, 2.45) is 4.99 Å². The van der Waals surface area contributed by atoms with E-state index in [1.54, 1.807) is 19.1 Å². The van der Waals surface area contributed by atoms with Crippen molar-refractivity contribution in [3.63, 3.8) is 0 Å². The second-order valence-corrected chi connectivity index (χ2v) is 7.76. The molecular weight excluding hydrogens is 395 g/mol. The number of hydrogen-bond acceptors (Lipinski definition) is 3. The van der Waals surface area contributed by atoms with E-state index in [0.29, 0.717) is 31.2 Å². The van der Waals surface area contributed by atoms with Gasteiger partial charge in [0.2, 0.25) is 0 Å². The molecule has 31 heavy (non-hydrogen) atoms. The van der Waals surface area contributed by atoms with Gasteiger partial charge in [0.15, 0.2) is 5.96 Å². The van der Waals surface area contributed by atoms with Gasteiger partial charge in [0.25, 0.3) is 5.91 Å². The molecule has 2 aromatic carbocycles.